The number of rotatable bonds is 7. The molecule has 1 fully saturated rings. The monoisotopic (exact) mass is 433 g/mol. The number of piperidine rings is 1. The quantitative estimate of drug-likeness (QED) is 0.526. The van der Waals surface area contributed by atoms with Crippen molar-refractivity contribution >= 4 is 27.4 Å². The minimum Gasteiger partial charge on any atom is -0.481 e. The molecule has 0 aromatic heterocycles. The predicted octanol–water partition coefficient (Wildman–Crippen LogP) is 2.72. The first-order valence-corrected chi connectivity index (χ1v) is 10.9. The maximum absolute atomic E-state index is 13.0. The summed E-state index contributed by atoms with van der Waals surface area (Å²) in [5.41, 5.74) is 0.981. The van der Waals surface area contributed by atoms with Gasteiger partial charge in [0.25, 0.3) is 5.69 Å². The van der Waals surface area contributed by atoms with Crippen LogP contribution in [0.5, 0.6) is 0 Å². The number of nitro benzene ring substituents is 1. The van der Waals surface area contributed by atoms with Crippen LogP contribution in [0.2, 0.25) is 0 Å². The Bertz CT molecular complexity index is 1030. The molecule has 1 saturated heterocycles. The van der Waals surface area contributed by atoms with Crippen LogP contribution in [0.4, 0.5) is 11.4 Å². The molecule has 30 heavy (non-hydrogen) atoms. The number of benzene rings is 2. The van der Waals surface area contributed by atoms with Crippen LogP contribution in [-0.4, -0.2) is 48.9 Å². The molecular weight excluding hydrogens is 410 g/mol. The van der Waals surface area contributed by atoms with E-state index in [0.717, 1.165) is 11.6 Å². The highest BCUT2D eigenvalue weighted by atomic mass is 32.2. The van der Waals surface area contributed by atoms with E-state index in [1.807, 2.05) is 30.3 Å². The van der Waals surface area contributed by atoms with Crippen LogP contribution in [0, 0.1) is 16.0 Å². The van der Waals surface area contributed by atoms with Gasteiger partial charge >= 0.3 is 5.97 Å². The van der Waals surface area contributed by atoms with E-state index in [1.54, 1.807) is 11.9 Å². The summed E-state index contributed by atoms with van der Waals surface area (Å²) in [5, 5.41) is 20.7. The van der Waals surface area contributed by atoms with Gasteiger partial charge in [0.2, 0.25) is 10.0 Å². The maximum atomic E-state index is 13.0. The first kappa shape index (κ1) is 21.7. The van der Waals surface area contributed by atoms with Crippen molar-refractivity contribution in [3.63, 3.8) is 0 Å². The minimum absolute atomic E-state index is 0.0722. The molecule has 0 atom stereocenters. The Labute approximate surface area is 174 Å². The summed E-state index contributed by atoms with van der Waals surface area (Å²) in [6.45, 7) is 0.571. The number of carbonyl (C=O) groups is 1. The van der Waals surface area contributed by atoms with Gasteiger partial charge in [-0.05, 0) is 30.5 Å². The number of hydrogen-bond donors (Lipinski definition) is 1. The molecule has 0 bridgehead atoms. The van der Waals surface area contributed by atoms with Gasteiger partial charge in [0.05, 0.1) is 15.7 Å². The zero-order valence-electron chi connectivity index (χ0n) is 16.5. The lowest BCUT2D eigenvalue weighted by Crippen LogP contribution is -2.40. The van der Waals surface area contributed by atoms with Crippen LogP contribution in [0.25, 0.3) is 0 Å². The van der Waals surface area contributed by atoms with Gasteiger partial charge in [-0.15, -0.1) is 0 Å². The Morgan fingerprint density at radius 3 is 2.40 bits per heavy atom. The van der Waals surface area contributed by atoms with Crippen LogP contribution < -0.4 is 4.90 Å². The van der Waals surface area contributed by atoms with Gasteiger partial charge in [-0.2, -0.15) is 4.31 Å². The van der Waals surface area contributed by atoms with Crippen molar-refractivity contribution in [2.24, 2.45) is 5.92 Å². The normalized spacial score (nSPS) is 15.6. The van der Waals surface area contributed by atoms with E-state index in [1.165, 1.54) is 16.4 Å². The van der Waals surface area contributed by atoms with Gasteiger partial charge in [0, 0.05) is 32.7 Å². The lowest BCUT2D eigenvalue weighted by molar-refractivity contribution is -0.384. The zero-order chi connectivity index (χ0) is 21.9. The Morgan fingerprint density at radius 2 is 1.83 bits per heavy atom. The lowest BCUT2D eigenvalue weighted by atomic mass is 9.99. The number of anilines is 1. The van der Waals surface area contributed by atoms with Gasteiger partial charge in [0.15, 0.2) is 0 Å². The first-order valence-electron chi connectivity index (χ1n) is 9.46. The summed E-state index contributed by atoms with van der Waals surface area (Å²) >= 11 is 0. The summed E-state index contributed by atoms with van der Waals surface area (Å²) in [5.74, 6) is -1.51. The topological polar surface area (TPSA) is 121 Å². The maximum Gasteiger partial charge on any atom is 0.306 e. The molecule has 1 N–H and O–H groups in total. The number of aliphatic carboxylic acids is 1. The molecule has 2 aromatic rings. The third-order valence-electron chi connectivity index (χ3n) is 5.26. The van der Waals surface area contributed by atoms with E-state index in [0.29, 0.717) is 12.2 Å². The van der Waals surface area contributed by atoms with Gasteiger partial charge in [-0.25, -0.2) is 8.42 Å². The fraction of sp³-hybridized carbons (Fsp3) is 0.350. The molecule has 0 radical (unpaired) electrons. The van der Waals surface area contributed by atoms with Crippen molar-refractivity contribution < 1.29 is 23.2 Å². The predicted molar refractivity (Wildman–Crippen MR) is 111 cm³/mol. The molecule has 0 unspecified atom stereocenters. The number of hydrogen-bond acceptors (Lipinski definition) is 6. The summed E-state index contributed by atoms with van der Waals surface area (Å²) in [7, 11) is -2.24. The van der Waals surface area contributed by atoms with Crippen molar-refractivity contribution in [2.75, 3.05) is 25.0 Å². The first-order chi connectivity index (χ1) is 14.2. The molecule has 0 amide bonds. The van der Waals surface area contributed by atoms with Crippen LogP contribution in [0.1, 0.15) is 18.4 Å². The highest BCUT2D eigenvalue weighted by Crippen LogP contribution is 2.33. The molecule has 1 aliphatic heterocycles. The third kappa shape index (κ3) is 4.60. The number of carboxylic acid groups (broad SMARTS) is 1. The average Bonchev–Trinajstić information content (AvgIpc) is 2.74. The van der Waals surface area contributed by atoms with Crippen LogP contribution >= 0.6 is 0 Å². The van der Waals surface area contributed by atoms with Gasteiger partial charge in [0.1, 0.15) is 5.69 Å². The van der Waals surface area contributed by atoms with E-state index in [4.69, 9.17) is 5.11 Å². The Kier molecular flexibility index (Phi) is 6.37. The van der Waals surface area contributed by atoms with Gasteiger partial charge < -0.3 is 10.0 Å². The van der Waals surface area contributed by atoms with Crippen molar-refractivity contribution in [2.45, 2.75) is 24.3 Å². The fourth-order valence-electron chi connectivity index (χ4n) is 3.57. The highest BCUT2D eigenvalue weighted by molar-refractivity contribution is 7.89. The second-order valence-corrected chi connectivity index (χ2v) is 9.20. The van der Waals surface area contributed by atoms with E-state index in [-0.39, 0.29) is 36.5 Å². The van der Waals surface area contributed by atoms with Crippen molar-refractivity contribution in [1.29, 1.82) is 0 Å². The summed E-state index contributed by atoms with van der Waals surface area (Å²) in [6, 6.07) is 13.3. The second-order valence-electron chi connectivity index (χ2n) is 7.27. The highest BCUT2D eigenvalue weighted by Gasteiger charge is 2.33. The molecular formula is C20H23N3O6S. The molecule has 0 aliphatic carbocycles. The standard InChI is InChI=1S/C20H23N3O6S/c1-21(14-15-5-3-2-4-6-15)18-8-7-17(13-19(18)23(26)27)30(28,29)22-11-9-16(10-12-22)20(24)25/h2-8,13,16H,9-12,14H2,1H3,(H,24,25). The molecule has 3 rings (SSSR count). The van der Waals surface area contributed by atoms with E-state index < -0.39 is 26.8 Å². The SMILES string of the molecule is CN(Cc1ccccc1)c1ccc(S(=O)(=O)N2CCC(C(=O)O)CC2)cc1[N+](=O)[O-]. The van der Waals surface area contributed by atoms with Gasteiger partial charge in [-0.1, -0.05) is 30.3 Å². The largest absolute Gasteiger partial charge is 0.481 e. The van der Waals surface area contributed by atoms with Gasteiger partial charge in [-0.3, -0.25) is 14.9 Å². The van der Waals surface area contributed by atoms with Crippen molar-refractivity contribution in [3.05, 3.63) is 64.2 Å². The Hall–Kier alpha value is -2.98. The third-order valence-corrected chi connectivity index (χ3v) is 7.15. The molecule has 0 saturated carbocycles. The van der Waals surface area contributed by atoms with E-state index in [9.17, 15) is 23.3 Å². The van der Waals surface area contributed by atoms with Crippen LogP contribution in [0.3, 0.4) is 0 Å². The molecule has 160 valence electrons. The molecule has 2 aromatic carbocycles. The number of carboxylic acids is 1. The van der Waals surface area contributed by atoms with Crippen LogP contribution in [-0.2, 0) is 21.4 Å². The minimum atomic E-state index is -3.95. The fourth-order valence-corrected chi connectivity index (χ4v) is 5.06. The number of nitro groups is 1. The van der Waals surface area contributed by atoms with Crippen molar-refractivity contribution in [3.8, 4) is 0 Å². The van der Waals surface area contributed by atoms with Crippen LogP contribution in [0.15, 0.2) is 53.4 Å². The lowest BCUT2D eigenvalue weighted by Gasteiger charge is -2.29. The zero-order valence-corrected chi connectivity index (χ0v) is 17.3. The molecule has 1 aliphatic rings. The summed E-state index contributed by atoms with van der Waals surface area (Å²) < 4.78 is 27.1. The number of sulfonamides is 1. The Morgan fingerprint density at radius 1 is 1.20 bits per heavy atom. The summed E-state index contributed by atoms with van der Waals surface area (Å²) in [4.78, 5) is 23.7. The molecule has 1 heterocycles. The molecule has 10 heteroatoms. The van der Waals surface area contributed by atoms with Crippen molar-refractivity contribution in [1.82, 2.24) is 4.31 Å². The second kappa shape index (κ2) is 8.80. The molecule has 0 spiro atoms. The average molecular weight is 433 g/mol. The number of nitrogens with zero attached hydrogens (tertiary/aromatic N) is 3. The molecule has 9 nitrogen and oxygen atoms in total. The van der Waals surface area contributed by atoms with E-state index >= 15 is 0 Å². The van der Waals surface area contributed by atoms with E-state index in [2.05, 4.69) is 0 Å². The summed E-state index contributed by atoms with van der Waals surface area (Å²) in [6.07, 6.45) is 0.434. The smallest absolute Gasteiger partial charge is 0.306 e. The Balaban J connectivity index is 1.85.